The van der Waals surface area contributed by atoms with Gasteiger partial charge in [0, 0.05) is 52.2 Å². The lowest BCUT2D eigenvalue weighted by Crippen LogP contribution is -2.49. The molecule has 0 saturated carbocycles. The number of halogens is 1. The zero-order valence-corrected chi connectivity index (χ0v) is 14.5. The summed E-state index contributed by atoms with van der Waals surface area (Å²) in [6.45, 7) is 5.39. The number of β-amino-alcohol motifs (C(OH)–C–C–N with tert-alkyl or cyclic N) is 1. The Bertz CT molecular complexity index is 653. The van der Waals surface area contributed by atoms with Gasteiger partial charge in [-0.1, -0.05) is 0 Å². The highest BCUT2D eigenvalue weighted by Crippen LogP contribution is 2.12. The van der Waals surface area contributed by atoms with Gasteiger partial charge in [-0.3, -0.25) is 9.80 Å². The molecule has 0 bridgehead atoms. The van der Waals surface area contributed by atoms with E-state index in [4.69, 9.17) is 4.74 Å². The van der Waals surface area contributed by atoms with E-state index in [0.717, 1.165) is 38.5 Å². The van der Waals surface area contributed by atoms with Crippen LogP contribution in [-0.2, 0) is 13.6 Å². The molecule has 0 amide bonds. The molecule has 0 aliphatic carbocycles. The van der Waals surface area contributed by atoms with E-state index >= 15 is 0 Å². The van der Waals surface area contributed by atoms with Crippen LogP contribution in [0.5, 0.6) is 5.75 Å². The summed E-state index contributed by atoms with van der Waals surface area (Å²) in [6.07, 6.45) is 3.22. The molecule has 1 unspecified atom stereocenters. The van der Waals surface area contributed by atoms with Gasteiger partial charge in [-0.25, -0.2) is 9.37 Å². The van der Waals surface area contributed by atoms with Crippen molar-refractivity contribution >= 4 is 0 Å². The highest BCUT2D eigenvalue weighted by atomic mass is 19.1. The van der Waals surface area contributed by atoms with Gasteiger partial charge in [-0.15, -0.1) is 0 Å². The molecule has 1 aliphatic rings. The van der Waals surface area contributed by atoms with Crippen molar-refractivity contribution in [3.05, 3.63) is 48.3 Å². The highest BCUT2D eigenvalue weighted by molar-refractivity contribution is 5.22. The first-order chi connectivity index (χ1) is 12.1. The molecule has 2 aromatic rings. The van der Waals surface area contributed by atoms with Crippen LogP contribution in [0.3, 0.4) is 0 Å². The lowest BCUT2D eigenvalue weighted by Gasteiger charge is -2.35. The van der Waals surface area contributed by atoms with E-state index in [9.17, 15) is 9.50 Å². The molecule has 0 spiro atoms. The molecule has 1 N–H and O–H groups in total. The van der Waals surface area contributed by atoms with Crippen molar-refractivity contribution in [2.75, 3.05) is 39.3 Å². The van der Waals surface area contributed by atoms with Crippen molar-refractivity contribution in [1.82, 2.24) is 19.4 Å². The summed E-state index contributed by atoms with van der Waals surface area (Å²) >= 11 is 0. The van der Waals surface area contributed by atoms with Crippen LogP contribution in [-0.4, -0.2) is 69.9 Å². The number of hydrogen-bond acceptors (Lipinski definition) is 5. The zero-order chi connectivity index (χ0) is 17.6. The van der Waals surface area contributed by atoms with Crippen LogP contribution < -0.4 is 4.74 Å². The lowest BCUT2D eigenvalue weighted by molar-refractivity contribution is 0.0440. The van der Waals surface area contributed by atoms with E-state index in [1.54, 1.807) is 12.1 Å². The molecular weight excluding hydrogens is 323 g/mol. The van der Waals surface area contributed by atoms with Crippen LogP contribution in [0.25, 0.3) is 0 Å². The molecule has 1 atom stereocenters. The number of nitrogens with zero attached hydrogens (tertiary/aromatic N) is 4. The van der Waals surface area contributed by atoms with Gasteiger partial charge >= 0.3 is 0 Å². The number of hydrogen-bond donors (Lipinski definition) is 1. The maximum Gasteiger partial charge on any atom is 0.123 e. The molecule has 1 aromatic heterocycles. The van der Waals surface area contributed by atoms with E-state index in [0.29, 0.717) is 12.3 Å². The standard InChI is InChI=1S/C18H25FN4O2/c1-21-7-6-20-18(21)13-23-10-8-22(9-11-23)12-16(24)14-25-17-4-2-15(19)3-5-17/h2-7,16,24H,8-14H2,1H3. The van der Waals surface area contributed by atoms with Crippen LogP contribution in [0, 0.1) is 5.82 Å². The number of aryl methyl sites for hydroxylation is 1. The molecule has 136 valence electrons. The number of aromatic nitrogens is 2. The minimum atomic E-state index is -0.564. The Morgan fingerprint density at radius 1 is 1.16 bits per heavy atom. The third-order valence-electron chi connectivity index (χ3n) is 4.48. The number of piperazine rings is 1. The van der Waals surface area contributed by atoms with Crippen LogP contribution in [0.15, 0.2) is 36.7 Å². The zero-order valence-electron chi connectivity index (χ0n) is 14.5. The van der Waals surface area contributed by atoms with E-state index < -0.39 is 6.10 Å². The molecule has 7 heteroatoms. The van der Waals surface area contributed by atoms with E-state index in [1.807, 2.05) is 24.0 Å². The summed E-state index contributed by atoms with van der Waals surface area (Å²) in [7, 11) is 2.01. The van der Waals surface area contributed by atoms with Gasteiger partial charge < -0.3 is 14.4 Å². The van der Waals surface area contributed by atoms with Gasteiger partial charge in [-0.2, -0.15) is 0 Å². The largest absolute Gasteiger partial charge is 0.491 e. The summed E-state index contributed by atoms with van der Waals surface area (Å²) in [5.74, 6) is 1.35. The Morgan fingerprint density at radius 2 is 1.84 bits per heavy atom. The topological polar surface area (TPSA) is 53.8 Å². The van der Waals surface area contributed by atoms with Crippen molar-refractivity contribution in [2.45, 2.75) is 12.6 Å². The van der Waals surface area contributed by atoms with Crippen molar-refractivity contribution in [3.8, 4) is 5.75 Å². The fourth-order valence-electron chi connectivity index (χ4n) is 2.95. The summed E-state index contributed by atoms with van der Waals surface area (Å²) in [4.78, 5) is 8.98. The Balaban J connectivity index is 1.36. The first kappa shape index (κ1) is 17.8. The van der Waals surface area contributed by atoms with Crippen LogP contribution in [0.4, 0.5) is 4.39 Å². The summed E-state index contributed by atoms with van der Waals surface area (Å²) in [5, 5.41) is 10.2. The van der Waals surface area contributed by atoms with E-state index in [1.165, 1.54) is 12.1 Å². The smallest absolute Gasteiger partial charge is 0.123 e. The SMILES string of the molecule is Cn1ccnc1CN1CCN(CC(O)COc2ccc(F)cc2)CC1. The molecule has 6 nitrogen and oxygen atoms in total. The first-order valence-electron chi connectivity index (χ1n) is 8.57. The Hall–Kier alpha value is -1.96. The average molecular weight is 348 g/mol. The number of rotatable bonds is 7. The summed E-state index contributed by atoms with van der Waals surface area (Å²) in [5.41, 5.74) is 0. The fourth-order valence-corrected chi connectivity index (χ4v) is 2.95. The minimum Gasteiger partial charge on any atom is -0.491 e. The first-order valence-corrected chi connectivity index (χ1v) is 8.57. The molecule has 3 rings (SSSR count). The highest BCUT2D eigenvalue weighted by Gasteiger charge is 2.20. The van der Waals surface area contributed by atoms with Crippen molar-refractivity contribution in [1.29, 1.82) is 0 Å². The molecular formula is C18H25FN4O2. The minimum absolute atomic E-state index is 0.207. The van der Waals surface area contributed by atoms with Gasteiger partial charge in [0.15, 0.2) is 0 Å². The van der Waals surface area contributed by atoms with Gasteiger partial charge in [0.05, 0.1) is 6.54 Å². The number of imidazole rings is 1. The fraction of sp³-hybridized carbons (Fsp3) is 0.500. The van der Waals surface area contributed by atoms with Crippen molar-refractivity contribution < 1.29 is 14.2 Å². The van der Waals surface area contributed by atoms with E-state index in [-0.39, 0.29) is 12.4 Å². The second-order valence-corrected chi connectivity index (χ2v) is 6.45. The normalized spacial score (nSPS) is 17.6. The number of ether oxygens (including phenoxy) is 1. The molecule has 2 heterocycles. The number of aliphatic hydroxyl groups is 1. The predicted octanol–water partition coefficient (Wildman–Crippen LogP) is 1.12. The Labute approximate surface area is 147 Å². The van der Waals surface area contributed by atoms with Crippen LogP contribution in [0.1, 0.15) is 5.82 Å². The molecule has 0 radical (unpaired) electrons. The average Bonchev–Trinajstić information content (AvgIpc) is 3.01. The maximum absolute atomic E-state index is 12.8. The second-order valence-electron chi connectivity index (χ2n) is 6.45. The molecule has 25 heavy (non-hydrogen) atoms. The number of benzene rings is 1. The molecule has 1 saturated heterocycles. The van der Waals surface area contributed by atoms with E-state index in [2.05, 4.69) is 14.8 Å². The van der Waals surface area contributed by atoms with Gasteiger partial charge in [0.1, 0.15) is 30.1 Å². The van der Waals surface area contributed by atoms with Gasteiger partial charge in [0.2, 0.25) is 0 Å². The maximum atomic E-state index is 12.8. The Morgan fingerprint density at radius 3 is 2.48 bits per heavy atom. The summed E-state index contributed by atoms with van der Waals surface area (Å²) in [6, 6.07) is 5.84. The number of aliphatic hydroxyl groups excluding tert-OH is 1. The molecule has 1 fully saturated rings. The predicted molar refractivity (Wildman–Crippen MR) is 92.8 cm³/mol. The third kappa shape index (κ3) is 5.26. The van der Waals surface area contributed by atoms with Crippen molar-refractivity contribution in [3.63, 3.8) is 0 Å². The monoisotopic (exact) mass is 348 g/mol. The quantitative estimate of drug-likeness (QED) is 0.813. The lowest BCUT2D eigenvalue weighted by atomic mass is 10.2. The van der Waals surface area contributed by atoms with Gasteiger partial charge in [-0.05, 0) is 24.3 Å². The summed E-state index contributed by atoms with van der Waals surface area (Å²) < 4.78 is 20.4. The third-order valence-corrected chi connectivity index (χ3v) is 4.48. The van der Waals surface area contributed by atoms with Crippen molar-refractivity contribution in [2.24, 2.45) is 7.05 Å². The molecule has 1 aromatic carbocycles. The second kappa shape index (κ2) is 8.42. The van der Waals surface area contributed by atoms with Gasteiger partial charge in [0.25, 0.3) is 0 Å². The Kier molecular flexibility index (Phi) is 6.01. The molecule has 1 aliphatic heterocycles. The van der Waals surface area contributed by atoms with Crippen LogP contribution in [0.2, 0.25) is 0 Å². The van der Waals surface area contributed by atoms with Crippen LogP contribution >= 0.6 is 0 Å².